The van der Waals surface area contributed by atoms with E-state index in [9.17, 15) is 5.11 Å². The van der Waals surface area contributed by atoms with Crippen LogP contribution in [0.4, 0.5) is 5.82 Å². The van der Waals surface area contributed by atoms with E-state index >= 15 is 0 Å². The molecule has 0 saturated carbocycles. The molecule has 1 aromatic rings. The van der Waals surface area contributed by atoms with Crippen molar-refractivity contribution in [2.75, 3.05) is 44.7 Å². The van der Waals surface area contributed by atoms with Gasteiger partial charge in [-0.2, -0.15) is 0 Å². The first-order valence-electron chi connectivity index (χ1n) is 8.13. The number of likely N-dealkylation sites (tertiary alicyclic amines) is 1. The van der Waals surface area contributed by atoms with Gasteiger partial charge in [-0.25, -0.2) is 4.98 Å². The molecule has 5 heteroatoms. The predicted octanol–water partition coefficient (Wildman–Crippen LogP) is 1.49. The molecular formula is C16H26N4O. The Morgan fingerprint density at radius 3 is 2.67 bits per heavy atom. The minimum absolute atomic E-state index is 0.278. The first kappa shape index (κ1) is 14.7. The van der Waals surface area contributed by atoms with Crippen molar-refractivity contribution in [1.82, 2.24) is 14.9 Å². The van der Waals surface area contributed by atoms with Crippen LogP contribution < -0.4 is 4.90 Å². The maximum absolute atomic E-state index is 9.43. The first-order valence-corrected chi connectivity index (χ1v) is 8.13. The maximum atomic E-state index is 9.43. The molecule has 1 atom stereocenters. The van der Waals surface area contributed by atoms with Crippen LogP contribution in [0.15, 0.2) is 12.4 Å². The number of aliphatic hydroxyl groups excluding tert-OH is 1. The maximum Gasteiger partial charge on any atom is 0.150 e. The summed E-state index contributed by atoms with van der Waals surface area (Å²) in [6, 6.07) is 0. The van der Waals surface area contributed by atoms with Crippen LogP contribution in [0.3, 0.4) is 0 Å². The Balaban J connectivity index is 1.79. The van der Waals surface area contributed by atoms with Crippen LogP contribution in [0.5, 0.6) is 0 Å². The number of hydrogen-bond donors (Lipinski definition) is 1. The highest BCUT2D eigenvalue weighted by molar-refractivity contribution is 5.45. The minimum Gasteiger partial charge on any atom is -0.396 e. The summed E-state index contributed by atoms with van der Waals surface area (Å²) in [6.45, 7) is 4.50. The number of hydrogen-bond acceptors (Lipinski definition) is 5. The zero-order chi connectivity index (χ0) is 14.7. The first-order chi connectivity index (χ1) is 10.3. The number of aromatic nitrogens is 2. The van der Waals surface area contributed by atoms with Gasteiger partial charge in [0.05, 0.1) is 5.69 Å². The van der Waals surface area contributed by atoms with Gasteiger partial charge < -0.3 is 14.9 Å². The summed E-state index contributed by atoms with van der Waals surface area (Å²) in [7, 11) is 2.18. The summed E-state index contributed by atoms with van der Waals surface area (Å²) in [5.74, 6) is 1.97. The van der Waals surface area contributed by atoms with Gasteiger partial charge in [0.1, 0.15) is 0 Å². The van der Waals surface area contributed by atoms with Crippen LogP contribution in [0.1, 0.15) is 37.3 Å². The minimum atomic E-state index is 0.278. The molecule has 1 unspecified atom stereocenters. The molecule has 0 radical (unpaired) electrons. The summed E-state index contributed by atoms with van der Waals surface area (Å²) in [5, 5.41) is 9.43. The smallest absolute Gasteiger partial charge is 0.150 e. The Bertz CT molecular complexity index is 459. The molecule has 21 heavy (non-hydrogen) atoms. The zero-order valence-electron chi connectivity index (χ0n) is 12.9. The lowest BCUT2D eigenvalue weighted by molar-refractivity contribution is 0.208. The van der Waals surface area contributed by atoms with E-state index in [4.69, 9.17) is 0 Å². The number of rotatable bonds is 3. The Kier molecular flexibility index (Phi) is 4.70. The second-order valence-electron chi connectivity index (χ2n) is 6.48. The molecule has 2 saturated heterocycles. The van der Waals surface area contributed by atoms with E-state index in [2.05, 4.69) is 26.8 Å². The molecule has 2 aliphatic rings. The molecule has 2 fully saturated rings. The van der Waals surface area contributed by atoms with Gasteiger partial charge in [0.2, 0.25) is 0 Å². The summed E-state index contributed by atoms with van der Waals surface area (Å²) in [4.78, 5) is 14.0. The molecule has 5 nitrogen and oxygen atoms in total. The van der Waals surface area contributed by atoms with Crippen LogP contribution in [0.25, 0.3) is 0 Å². The van der Waals surface area contributed by atoms with Crippen molar-refractivity contribution in [2.45, 2.75) is 31.6 Å². The second-order valence-corrected chi connectivity index (χ2v) is 6.48. The Hall–Kier alpha value is -1.20. The highest BCUT2D eigenvalue weighted by Crippen LogP contribution is 2.33. The molecule has 1 aromatic heterocycles. The summed E-state index contributed by atoms with van der Waals surface area (Å²) in [5.41, 5.74) is 1.17. The van der Waals surface area contributed by atoms with Gasteiger partial charge in [0.25, 0.3) is 0 Å². The topological polar surface area (TPSA) is 52.5 Å². The van der Waals surface area contributed by atoms with Crippen molar-refractivity contribution in [2.24, 2.45) is 5.92 Å². The largest absolute Gasteiger partial charge is 0.396 e. The van der Waals surface area contributed by atoms with Gasteiger partial charge in [0.15, 0.2) is 5.82 Å². The SMILES string of the molecule is CN1CCC(c2nccnc2N2CCCC(CO)C2)CC1. The van der Waals surface area contributed by atoms with Crippen molar-refractivity contribution in [3.05, 3.63) is 18.1 Å². The van der Waals surface area contributed by atoms with E-state index in [0.717, 1.165) is 44.8 Å². The Morgan fingerprint density at radius 1 is 1.14 bits per heavy atom. The zero-order valence-corrected chi connectivity index (χ0v) is 12.9. The van der Waals surface area contributed by atoms with Crippen molar-refractivity contribution in [3.63, 3.8) is 0 Å². The molecule has 3 heterocycles. The van der Waals surface area contributed by atoms with Crippen LogP contribution in [0, 0.1) is 5.92 Å². The lowest BCUT2D eigenvalue weighted by Crippen LogP contribution is -2.38. The van der Waals surface area contributed by atoms with Gasteiger partial charge in [-0.3, -0.25) is 4.98 Å². The lowest BCUT2D eigenvalue weighted by atomic mass is 9.92. The third-order valence-corrected chi connectivity index (χ3v) is 4.89. The van der Waals surface area contributed by atoms with Crippen molar-refractivity contribution < 1.29 is 5.11 Å². The van der Waals surface area contributed by atoms with E-state index in [1.54, 1.807) is 6.20 Å². The van der Waals surface area contributed by atoms with Crippen LogP contribution >= 0.6 is 0 Å². The van der Waals surface area contributed by atoms with E-state index in [1.165, 1.54) is 18.5 Å². The number of nitrogens with zero attached hydrogens (tertiary/aromatic N) is 4. The molecule has 1 N–H and O–H groups in total. The molecular weight excluding hydrogens is 264 g/mol. The predicted molar refractivity (Wildman–Crippen MR) is 83.5 cm³/mol. The average Bonchev–Trinajstić information content (AvgIpc) is 2.56. The van der Waals surface area contributed by atoms with Crippen molar-refractivity contribution in [1.29, 1.82) is 0 Å². The summed E-state index contributed by atoms with van der Waals surface area (Å²) < 4.78 is 0. The molecule has 0 aliphatic carbocycles. The standard InChI is InChI=1S/C16H26N4O/c1-19-9-4-14(5-10-19)15-16(18-7-6-17-15)20-8-2-3-13(11-20)12-21/h6-7,13-14,21H,2-5,8-12H2,1H3. The fourth-order valence-electron chi connectivity index (χ4n) is 3.56. The highest BCUT2D eigenvalue weighted by Gasteiger charge is 2.27. The third kappa shape index (κ3) is 3.35. The normalized spacial score (nSPS) is 25.2. The van der Waals surface area contributed by atoms with Gasteiger partial charge in [-0.1, -0.05) is 0 Å². The fraction of sp³-hybridized carbons (Fsp3) is 0.750. The second kappa shape index (κ2) is 6.71. The monoisotopic (exact) mass is 290 g/mol. The number of anilines is 1. The summed E-state index contributed by atoms with van der Waals surface area (Å²) in [6.07, 6.45) is 8.21. The van der Waals surface area contributed by atoms with Crippen molar-refractivity contribution >= 4 is 5.82 Å². The number of piperidine rings is 2. The molecule has 0 spiro atoms. The fourth-order valence-corrected chi connectivity index (χ4v) is 3.56. The van der Waals surface area contributed by atoms with Crippen LogP contribution in [-0.4, -0.2) is 59.8 Å². The van der Waals surface area contributed by atoms with E-state index in [1.807, 2.05) is 6.20 Å². The molecule has 116 valence electrons. The van der Waals surface area contributed by atoms with E-state index < -0.39 is 0 Å². The molecule has 3 rings (SSSR count). The van der Waals surface area contributed by atoms with E-state index in [0.29, 0.717) is 11.8 Å². The van der Waals surface area contributed by atoms with E-state index in [-0.39, 0.29) is 6.61 Å². The van der Waals surface area contributed by atoms with Gasteiger partial charge >= 0.3 is 0 Å². The van der Waals surface area contributed by atoms with Crippen LogP contribution in [-0.2, 0) is 0 Å². The molecule has 2 aliphatic heterocycles. The molecule has 0 aromatic carbocycles. The molecule has 0 amide bonds. The Morgan fingerprint density at radius 2 is 1.90 bits per heavy atom. The van der Waals surface area contributed by atoms with Crippen molar-refractivity contribution in [3.8, 4) is 0 Å². The average molecular weight is 290 g/mol. The number of aliphatic hydroxyl groups is 1. The van der Waals surface area contributed by atoms with Crippen LogP contribution in [0.2, 0.25) is 0 Å². The summed E-state index contributed by atoms with van der Waals surface area (Å²) >= 11 is 0. The quantitative estimate of drug-likeness (QED) is 0.914. The third-order valence-electron chi connectivity index (χ3n) is 4.89. The van der Waals surface area contributed by atoms with Gasteiger partial charge in [0, 0.05) is 38.0 Å². The van der Waals surface area contributed by atoms with Gasteiger partial charge in [-0.05, 0) is 51.7 Å². The molecule has 0 bridgehead atoms. The van der Waals surface area contributed by atoms with Gasteiger partial charge in [-0.15, -0.1) is 0 Å². The highest BCUT2D eigenvalue weighted by atomic mass is 16.3. The Labute approximate surface area is 127 Å². The lowest BCUT2D eigenvalue weighted by Gasteiger charge is -2.35.